The second kappa shape index (κ2) is 4.88. The van der Waals surface area contributed by atoms with E-state index in [0.29, 0.717) is 5.39 Å². The van der Waals surface area contributed by atoms with Gasteiger partial charge in [-0.25, -0.2) is 0 Å². The fourth-order valence-electron chi connectivity index (χ4n) is 2.03. The van der Waals surface area contributed by atoms with E-state index >= 15 is 0 Å². The number of rotatable bonds is 3. The molecule has 1 nitrogen and oxygen atoms in total. The molecule has 0 radical (unpaired) electrons. The highest BCUT2D eigenvalue weighted by Gasteiger charge is 2.31. The molecule has 0 aliphatic rings. The van der Waals surface area contributed by atoms with Crippen molar-refractivity contribution in [2.45, 2.75) is 26.1 Å². The normalized spacial score (nSPS) is 11.8. The Kier molecular flexibility index (Phi) is 3.45. The van der Waals surface area contributed by atoms with Gasteiger partial charge in [-0.15, -0.1) is 13.2 Å². The van der Waals surface area contributed by atoms with E-state index in [9.17, 15) is 13.2 Å². The van der Waals surface area contributed by atoms with Crippen LogP contribution in [0.3, 0.4) is 0 Å². The van der Waals surface area contributed by atoms with Gasteiger partial charge in [0.2, 0.25) is 0 Å². The number of ether oxygens (including phenoxy) is 1. The number of benzene rings is 2. The third-order valence-corrected chi connectivity index (χ3v) is 2.72. The van der Waals surface area contributed by atoms with E-state index in [2.05, 4.69) is 4.74 Å². The van der Waals surface area contributed by atoms with Gasteiger partial charge in [0.1, 0.15) is 5.75 Å². The maximum Gasteiger partial charge on any atom is 0.573 e. The van der Waals surface area contributed by atoms with Crippen LogP contribution in [0.4, 0.5) is 13.2 Å². The molecule has 2 rings (SSSR count). The SMILES string of the molecule is CCCc1ccc(OC(F)(F)F)c2ccccc12. The van der Waals surface area contributed by atoms with E-state index in [1.165, 1.54) is 6.07 Å². The number of aryl methyl sites for hydroxylation is 1. The molecule has 0 atom stereocenters. The summed E-state index contributed by atoms with van der Waals surface area (Å²) in [4.78, 5) is 0. The zero-order valence-corrected chi connectivity index (χ0v) is 9.92. The molecule has 0 aliphatic carbocycles. The van der Waals surface area contributed by atoms with Crippen LogP contribution in [-0.2, 0) is 6.42 Å². The minimum absolute atomic E-state index is 0.141. The summed E-state index contributed by atoms with van der Waals surface area (Å²) in [6.45, 7) is 2.04. The lowest BCUT2D eigenvalue weighted by Crippen LogP contribution is -2.17. The van der Waals surface area contributed by atoms with Crippen molar-refractivity contribution < 1.29 is 17.9 Å². The summed E-state index contributed by atoms with van der Waals surface area (Å²) in [6.07, 6.45) is -2.87. The molecular weight excluding hydrogens is 241 g/mol. The first-order chi connectivity index (χ1) is 8.51. The van der Waals surface area contributed by atoms with Crippen LogP contribution >= 0.6 is 0 Å². The molecule has 0 saturated heterocycles. The summed E-state index contributed by atoms with van der Waals surface area (Å²) in [5.74, 6) is -0.141. The molecule has 0 aromatic heterocycles. The molecule has 0 amide bonds. The molecule has 18 heavy (non-hydrogen) atoms. The Morgan fingerprint density at radius 1 is 1.00 bits per heavy atom. The van der Waals surface area contributed by atoms with Crippen molar-refractivity contribution in [3.05, 3.63) is 42.0 Å². The summed E-state index contributed by atoms with van der Waals surface area (Å²) >= 11 is 0. The number of halogens is 3. The van der Waals surface area contributed by atoms with Crippen LogP contribution in [0, 0.1) is 0 Å². The summed E-state index contributed by atoms with van der Waals surface area (Å²) in [5.41, 5.74) is 1.04. The lowest BCUT2D eigenvalue weighted by Gasteiger charge is -2.13. The number of fused-ring (bicyclic) bond motifs is 1. The maximum atomic E-state index is 12.3. The van der Waals surface area contributed by atoms with E-state index in [1.54, 1.807) is 18.2 Å². The van der Waals surface area contributed by atoms with E-state index in [-0.39, 0.29) is 5.75 Å². The quantitative estimate of drug-likeness (QED) is 0.772. The monoisotopic (exact) mass is 254 g/mol. The molecule has 0 fully saturated rings. The van der Waals surface area contributed by atoms with E-state index < -0.39 is 6.36 Å². The number of hydrogen-bond donors (Lipinski definition) is 0. The van der Waals surface area contributed by atoms with Gasteiger partial charge in [-0.1, -0.05) is 43.7 Å². The third kappa shape index (κ3) is 2.75. The molecule has 4 heteroatoms. The van der Waals surface area contributed by atoms with Crippen LogP contribution in [0.2, 0.25) is 0 Å². The van der Waals surface area contributed by atoms with Gasteiger partial charge in [0, 0.05) is 5.39 Å². The van der Waals surface area contributed by atoms with E-state index in [0.717, 1.165) is 23.8 Å². The summed E-state index contributed by atoms with van der Waals surface area (Å²) < 4.78 is 40.9. The average molecular weight is 254 g/mol. The standard InChI is InChI=1S/C14H13F3O/c1-2-5-10-8-9-13(18-14(15,16)17)12-7-4-3-6-11(10)12/h3-4,6-9H,2,5H2,1H3. The first-order valence-corrected chi connectivity index (χ1v) is 5.77. The van der Waals surface area contributed by atoms with Crippen LogP contribution in [0.25, 0.3) is 10.8 Å². The van der Waals surface area contributed by atoms with Gasteiger partial charge in [0.05, 0.1) is 0 Å². The Bertz CT molecular complexity index is 546. The highest BCUT2D eigenvalue weighted by atomic mass is 19.4. The molecule has 96 valence electrons. The van der Waals surface area contributed by atoms with Crippen molar-refractivity contribution in [2.24, 2.45) is 0 Å². The number of alkyl halides is 3. The molecule has 0 saturated carbocycles. The first-order valence-electron chi connectivity index (χ1n) is 5.77. The van der Waals surface area contributed by atoms with Crippen molar-refractivity contribution >= 4 is 10.8 Å². The Morgan fingerprint density at radius 3 is 2.28 bits per heavy atom. The smallest absolute Gasteiger partial charge is 0.405 e. The fraction of sp³-hybridized carbons (Fsp3) is 0.286. The van der Waals surface area contributed by atoms with Gasteiger partial charge in [-0.2, -0.15) is 0 Å². The van der Waals surface area contributed by atoms with Gasteiger partial charge >= 0.3 is 6.36 Å². The van der Waals surface area contributed by atoms with Crippen molar-refractivity contribution in [3.63, 3.8) is 0 Å². The van der Waals surface area contributed by atoms with Gasteiger partial charge in [-0.05, 0) is 23.4 Å². The van der Waals surface area contributed by atoms with Crippen LogP contribution in [0.5, 0.6) is 5.75 Å². The van der Waals surface area contributed by atoms with Gasteiger partial charge in [0.25, 0.3) is 0 Å². The highest BCUT2D eigenvalue weighted by Crippen LogP contribution is 2.32. The molecule has 0 spiro atoms. The third-order valence-electron chi connectivity index (χ3n) is 2.72. The molecule has 0 unspecified atom stereocenters. The largest absolute Gasteiger partial charge is 0.573 e. The Hall–Kier alpha value is -1.71. The van der Waals surface area contributed by atoms with Crippen LogP contribution in [-0.4, -0.2) is 6.36 Å². The molecule has 0 bridgehead atoms. The predicted octanol–water partition coefficient (Wildman–Crippen LogP) is 4.69. The van der Waals surface area contributed by atoms with Crippen molar-refractivity contribution in [1.29, 1.82) is 0 Å². The molecule has 2 aromatic rings. The zero-order valence-electron chi connectivity index (χ0n) is 9.92. The molecule has 0 heterocycles. The van der Waals surface area contributed by atoms with Crippen LogP contribution in [0.1, 0.15) is 18.9 Å². The molecular formula is C14H13F3O. The molecule has 0 N–H and O–H groups in total. The topological polar surface area (TPSA) is 9.23 Å². The van der Waals surface area contributed by atoms with Crippen molar-refractivity contribution in [1.82, 2.24) is 0 Å². The maximum absolute atomic E-state index is 12.3. The predicted molar refractivity (Wildman–Crippen MR) is 64.6 cm³/mol. The van der Waals surface area contributed by atoms with Crippen LogP contribution in [0.15, 0.2) is 36.4 Å². The summed E-state index contributed by atoms with van der Waals surface area (Å²) in [5, 5.41) is 1.32. The lowest BCUT2D eigenvalue weighted by molar-refractivity contribution is -0.274. The van der Waals surface area contributed by atoms with Gasteiger partial charge < -0.3 is 4.74 Å². The van der Waals surface area contributed by atoms with Crippen LogP contribution < -0.4 is 4.74 Å². The van der Waals surface area contributed by atoms with Crippen molar-refractivity contribution in [2.75, 3.05) is 0 Å². The lowest BCUT2D eigenvalue weighted by atomic mass is 10.0. The van der Waals surface area contributed by atoms with E-state index in [4.69, 9.17) is 0 Å². The summed E-state index contributed by atoms with van der Waals surface area (Å²) in [7, 11) is 0. The average Bonchev–Trinajstić information content (AvgIpc) is 2.31. The zero-order chi connectivity index (χ0) is 13.2. The van der Waals surface area contributed by atoms with E-state index in [1.807, 2.05) is 19.1 Å². The Balaban J connectivity index is 2.53. The first kappa shape index (κ1) is 12.7. The summed E-state index contributed by atoms with van der Waals surface area (Å²) in [6, 6.07) is 10.1. The minimum Gasteiger partial charge on any atom is -0.405 e. The van der Waals surface area contributed by atoms with Gasteiger partial charge in [0.15, 0.2) is 0 Å². The second-order valence-electron chi connectivity index (χ2n) is 4.07. The molecule has 0 aliphatic heterocycles. The fourth-order valence-corrected chi connectivity index (χ4v) is 2.03. The molecule has 2 aromatic carbocycles. The Labute approximate surface area is 103 Å². The Morgan fingerprint density at radius 2 is 1.67 bits per heavy atom. The number of hydrogen-bond acceptors (Lipinski definition) is 1. The van der Waals surface area contributed by atoms with Gasteiger partial charge in [-0.3, -0.25) is 0 Å². The minimum atomic E-state index is -4.66. The second-order valence-corrected chi connectivity index (χ2v) is 4.07. The van der Waals surface area contributed by atoms with Crippen molar-refractivity contribution in [3.8, 4) is 5.75 Å². The highest BCUT2D eigenvalue weighted by molar-refractivity contribution is 5.91.